The largest absolute Gasteiger partial charge is 0.431 e. The molecule has 2 aromatic rings. The molecule has 0 aliphatic carbocycles. The van der Waals surface area contributed by atoms with Crippen molar-refractivity contribution in [3.05, 3.63) is 39.3 Å². The molecule has 0 atom stereocenters. The van der Waals surface area contributed by atoms with E-state index in [4.69, 9.17) is 4.74 Å². The van der Waals surface area contributed by atoms with E-state index < -0.39 is 0 Å². The van der Waals surface area contributed by atoms with E-state index in [1.165, 1.54) is 16.9 Å². The zero-order chi connectivity index (χ0) is 13.3. The van der Waals surface area contributed by atoms with Crippen LogP contribution >= 0.6 is 27.3 Å². The second-order valence-corrected chi connectivity index (χ2v) is 6.90. The first-order valence-corrected chi connectivity index (χ1v) is 7.43. The van der Waals surface area contributed by atoms with Crippen LogP contribution < -0.4 is 4.74 Å². The molecule has 0 N–H and O–H groups in total. The highest BCUT2D eigenvalue weighted by atomic mass is 79.9. The van der Waals surface area contributed by atoms with Gasteiger partial charge >= 0.3 is 0 Å². The molecule has 0 radical (unpaired) electrons. The minimum absolute atomic E-state index is 0.160. The van der Waals surface area contributed by atoms with Crippen LogP contribution in [-0.2, 0) is 5.41 Å². The molecule has 0 aliphatic rings. The fraction of sp³-hybridized carbons (Fsp3) is 0.357. The summed E-state index contributed by atoms with van der Waals surface area (Å²) in [6, 6.07) is 6.31. The summed E-state index contributed by atoms with van der Waals surface area (Å²) in [5.74, 6) is 0.866. The summed E-state index contributed by atoms with van der Waals surface area (Å²) in [4.78, 5) is 4.23. The first-order chi connectivity index (χ1) is 8.36. The van der Waals surface area contributed by atoms with Crippen molar-refractivity contribution in [1.29, 1.82) is 0 Å². The third-order valence-electron chi connectivity index (χ3n) is 2.69. The lowest BCUT2D eigenvalue weighted by molar-refractivity contribution is 0.473. The van der Waals surface area contributed by atoms with Gasteiger partial charge in [0.25, 0.3) is 5.19 Å². The smallest absolute Gasteiger partial charge is 0.279 e. The van der Waals surface area contributed by atoms with Crippen LogP contribution in [0.2, 0.25) is 0 Å². The van der Waals surface area contributed by atoms with Gasteiger partial charge in [-0.2, -0.15) is 4.98 Å². The highest BCUT2D eigenvalue weighted by Gasteiger charge is 2.15. The summed E-state index contributed by atoms with van der Waals surface area (Å²) in [5, 5.41) is 2.57. The predicted octanol–water partition coefficient (Wildman–Crippen LogP) is 5.30. The molecule has 96 valence electrons. The Morgan fingerprint density at radius 3 is 2.50 bits per heavy atom. The van der Waals surface area contributed by atoms with E-state index in [9.17, 15) is 0 Å². The van der Waals surface area contributed by atoms with E-state index >= 15 is 0 Å². The van der Waals surface area contributed by atoms with Crippen LogP contribution in [0, 0.1) is 6.92 Å². The van der Waals surface area contributed by atoms with Gasteiger partial charge in [0.15, 0.2) is 0 Å². The maximum atomic E-state index is 5.78. The van der Waals surface area contributed by atoms with Crippen LogP contribution in [0.3, 0.4) is 0 Å². The third-order valence-corrected chi connectivity index (χ3v) is 4.12. The van der Waals surface area contributed by atoms with Crippen molar-refractivity contribution < 1.29 is 4.74 Å². The maximum absolute atomic E-state index is 5.78. The van der Waals surface area contributed by atoms with Crippen LogP contribution in [0.15, 0.2) is 28.2 Å². The number of nitrogens with zero attached hydrogens (tertiary/aromatic N) is 1. The molecule has 0 bridgehead atoms. The Morgan fingerprint density at radius 2 is 2.00 bits per heavy atom. The van der Waals surface area contributed by atoms with E-state index in [1.54, 1.807) is 0 Å². The summed E-state index contributed by atoms with van der Waals surface area (Å²) in [7, 11) is 0. The number of thiazole rings is 1. The van der Waals surface area contributed by atoms with Gasteiger partial charge in [-0.3, -0.25) is 0 Å². The number of ether oxygens (including phenoxy) is 1. The molecule has 0 fully saturated rings. The molecule has 0 unspecified atom stereocenters. The summed E-state index contributed by atoms with van der Waals surface area (Å²) in [6.45, 7) is 8.69. The molecular formula is C14H16BrNOS. The lowest BCUT2D eigenvalue weighted by Crippen LogP contribution is -2.11. The van der Waals surface area contributed by atoms with Crippen LogP contribution in [-0.4, -0.2) is 4.98 Å². The predicted molar refractivity (Wildman–Crippen MR) is 79.8 cm³/mol. The molecule has 0 saturated heterocycles. The third kappa shape index (κ3) is 3.12. The van der Waals surface area contributed by atoms with Crippen LogP contribution in [0.1, 0.15) is 31.9 Å². The lowest BCUT2D eigenvalue weighted by Gasteiger charge is -2.20. The molecule has 18 heavy (non-hydrogen) atoms. The summed E-state index contributed by atoms with van der Waals surface area (Å²) >= 11 is 4.80. The number of rotatable bonds is 2. The van der Waals surface area contributed by atoms with E-state index in [0.717, 1.165) is 15.9 Å². The highest BCUT2D eigenvalue weighted by molar-refractivity contribution is 9.10. The summed E-state index contributed by atoms with van der Waals surface area (Å²) < 4.78 is 6.59. The topological polar surface area (TPSA) is 22.1 Å². The Hall–Kier alpha value is -0.870. The quantitative estimate of drug-likeness (QED) is 0.747. The molecule has 0 amide bonds. The molecule has 0 aliphatic heterocycles. The fourth-order valence-corrected chi connectivity index (χ4v) is 2.71. The SMILES string of the molecule is Cc1cc(C(C)(C)C)ccc1Oc1nc(Br)cs1. The van der Waals surface area contributed by atoms with Gasteiger partial charge in [-0.1, -0.05) is 44.2 Å². The van der Waals surface area contributed by atoms with E-state index in [0.29, 0.717) is 5.19 Å². The van der Waals surface area contributed by atoms with E-state index in [2.05, 4.69) is 60.7 Å². The van der Waals surface area contributed by atoms with E-state index in [1.807, 2.05) is 11.4 Å². The second kappa shape index (κ2) is 5.02. The van der Waals surface area contributed by atoms with Crippen LogP contribution in [0.25, 0.3) is 0 Å². The van der Waals surface area contributed by atoms with Crippen molar-refractivity contribution in [1.82, 2.24) is 4.98 Å². The molecule has 0 saturated carbocycles. The number of aromatic nitrogens is 1. The van der Waals surface area contributed by atoms with Crippen molar-refractivity contribution >= 4 is 27.3 Å². The number of hydrogen-bond acceptors (Lipinski definition) is 3. The summed E-state index contributed by atoms with van der Waals surface area (Å²) in [5.41, 5.74) is 2.61. The Balaban J connectivity index is 2.25. The standard InChI is InChI=1S/C14H16BrNOS/c1-9-7-10(14(2,3)4)5-6-11(9)17-13-16-12(15)8-18-13/h5-8H,1-4H3. The Kier molecular flexibility index (Phi) is 3.78. The highest BCUT2D eigenvalue weighted by Crippen LogP contribution is 2.32. The number of benzene rings is 1. The van der Waals surface area contributed by atoms with Gasteiger partial charge in [-0.15, -0.1) is 0 Å². The van der Waals surface area contributed by atoms with Crippen molar-refractivity contribution in [2.75, 3.05) is 0 Å². The van der Waals surface area contributed by atoms with Crippen molar-refractivity contribution in [3.8, 4) is 10.9 Å². The Morgan fingerprint density at radius 1 is 1.28 bits per heavy atom. The maximum Gasteiger partial charge on any atom is 0.279 e. The average Bonchev–Trinajstić information content (AvgIpc) is 2.65. The lowest BCUT2D eigenvalue weighted by atomic mass is 9.86. The van der Waals surface area contributed by atoms with Gasteiger partial charge in [0.1, 0.15) is 10.4 Å². The molecule has 1 aromatic carbocycles. The second-order valence-electron chi connectivity index (χ2n) is 5.27. The molecule has 2 nitrogen and oxygen atoms in total. The van der Waals surface area contributed by atoms with Crippen molar-refractivity contribution in [2.24, 2.45) is 0 Å². The van der Waals surface area contributed by atoms with Crippen LogP contribution in [0.5, 0.6) is 10.9 Å². The molecule has 2 rings (SSSR count). The van der Waals surface area contributed by atoms with Gasteiger partial charge in [0.05, 0.1) is 0 Å². The Labute approximate surface area is 120 Å². The van der Waals surface area contributed by atoms with Crippen molar-refractivity contribution in [2.45, 2.75) is 33.1 Å². The number of halogens is 1. The first-order valence-electron chi connectivity index (χ1n) is 5.76. The van der Waals surface area contributed by atoms with Crippen LogP contribution in [0.4, 0.5) is 0 Å². The molecule has 4 heteroatoms. The van der Waals surface area contributed by atoms with Gasteiger partial charge in [0.2, 0.25) is 0 Å². The zero-order valence-corrected chi connectivity index (χ0v) is 13.4. The van der Waals surface area contributed by atoms with Gasteiger partial charge < -0.3 is 4.74 Å². The van der Waals surface area contributed by atoms with Crippen molar-refractivity contribution in [3.63, 3.8) is 0 Å². The Bertz CT molecular complexity index is 557. The minimum Gasteiger partial charge on any atom is -0.431 e. The van der Waals surface area contributed by atoms with Gasteiger partial charge in [-0.25, -0.2) is 0 Å². The summed E-state index contributed by atoms with van der Waals surface area (Å²) in [6.07, 6.45) is 0. The zero-order valence-electron chi connectivity index (χ0n) is 11.0. The first kappa shape index (κ1) is 13.6. The van der Waals surface area contributed by atoms with E-state index in [-0.39, 0.29) is 5.41 Å². The molecule has 1 aromatic heterocycles. The molecule has 0 spiro atoms. The number of aryl methyl sites for hydroxylation is 1. The average molecular weight is 326 g/mol. The minimum atomic E-state index is 0.160. The fourth-order valence-electron chi connectivity index (χ4n) is 1.61. The number of hydrogen-bond donors (Lipinski definition) is 0. The monoisotopic (exact) mass is 325 g/mol. The van der Waals surface area contributed by atoms with Gasteiger partial charge in [-0.05, 0) is 45.5 Å². The molecule has 1 heterocycles. The normalized spacial score (nSPS) is 11.6. The van der Waals surface area contributed by atoms with Gasteiger partial charge in [0, 0.05) is 5.38 Å². The molecular weight excluding hydrogens is 310 g/mol.